The average Bonchev–Trinajstić information content (AvgIpc) is 2.84. The highest BCUT2D eigenvalue weighted by Gasteiger charge is 2.29. The summed E-state index contributed by atoms with van der Waals surface area (Å²) < 4.78 is 5.99. The van der Waals surface area contributed by atoms with Crippen molar-refractivity contribution in [2.75, 3.05) is 18.6 Å². The predicted molar refractivity (Wildman–Crippen MR) is 80.7 cm³/mol. The zero-order valence-corrected chi connectivity index (χ0v) is 11.8. The van der Waals surface area contributed by atoms with Gasteiger partial charge < -0.3 is 10.5 Å². The summed E-state index contributed by atoms with van der Waals surface area (Å²) in [5, 5.41) is 0. The SMILES string of the molecule is C=C1/N=C\N=C(N)CN=CN1C1CCC(CSC)O1. The molecular weight excluding hydrogens is 262 g/mol. The van der Waals surface area contributed by atoms with E-state index < -0.39 is 0 Å². The molecule has 0 aromatic rings. The lowest BCUT2D eigenvalue weighted by atomic mass is 10.2. The van der Waals surface area contributed by atoms with Crippen LogP contribution in [0.25, 0.3) is 0 Å². The molecule has 0 spiro atoms. The molecule has 2 N–H and O–H groups in total. The third kappa shape index (κ3) is 3.81. The topological polar surface area (TPSA) is 75.6 Å². The molecular formula is C12H19N5OS. The highest BCUT2D eigenvalue weighted by atomic mass is 32.2. The van der Waals surface area contributed by atoms with Crippen LogP contribution in [0.3, 0.4) is 0 Å². The van der Waals surface area contributed by atoms with E-state index in [0.29, 0.717) is 24.3 Å². The third-order valence-corrected chi connectivity index (χ3v) is 3.64. The van der Waals surface area contributed by atoms with E-state index in [9.17, 15) is 0 Å². The van der Waals surface area contributed by atoms with E-state index in [2.05, 4.69) is 27.8 Å². The first-order chi connectivity index (χ1) is 9.20. The fourth-order valence-corrected chi connectivity index (χ4v) is 2.62. The summed E-state index contributed by atoms with van der Waals surface area (Å²) in [4.78, 5) is 14.2. The first-order valence-corrected chi connectivity index (χ1v) is 7.56. The van der Waals surface area contributed by atoms with Crippen molar-refractivity contribution in [3.8, 4) is 0 Å². The molecule has 1 saturated heterocycles. The quantitative estimate of drug-likeness (QED) is 0.839. The van der Waals surface area contributed by atoms with E-state index in [0.717, 1.165) is 18.6 Å². The van der Waals surface area contributed by atoms with E-state index in [1.165, 1.54) is 6.34 Å². The van der Waals surface area contributed by atoms with Crippen LogP contribution in [0.4, 0.5) is 0 Å². The molecule has 19 heavy (non-hydrogen) atoms. The van der Waals surface area contributed by atoms with Gasteiger partial charge in [-0.1, -0.05) is 6.58 Å². The van der Waals surface area contributed by atoms with Crippen molar-refractivity contribution in [2.24, 2.45) is 20.7 Å². The van der Waals surface area contributed by atoms with Crippen molar-refractivity contribution in [3.05, 3.63) is 12.4 Å². The van der Waals surface area contributed by atoms with E-state index in [1.807, 2.05) is 4.90 Å². The van der Waals surface area contributed by atoms with Gasteiger partial charge in [-0.3, -0.25) is 9.89 Å². The normalized spacial score (nSPS) is 29.6. The zero-order chi connectivity index (χ0) is 13.7. The summed E-state index contributed by atoms with van der Waals surface area (Å²) >= 11 is 1.80. The summed E-state index contributed by atoms with van der Waals surface area (Å²) in [5.41, 5.74) is 5.64. The zero-order valence-electron chi connectivity index (χ0n) is 11.0. The van der Waals surface area contributed by atoms with Crippen LogP contribution < -0.4 is 5.73 Å². The molecule has 2 aliphatic heterocycles. The molecule has 0 amide bonds. The Morgan fingerprint density at radius 2 is 2.42 bits per heavy atom. The van der Waals surface area contributed by atoms with Crippen LogP contribution in [0.2, 0.25) is 0 Å². The molecule has 0 radical (unpaired) electrons. The maximum absolute atomic E-state index is 5.99. The Bertz CT molecular complexity index is 420. The molecule has 1 fully saturated rings. The molecule has 2 rings (SSSR count). The second kappa shape index (κ2) is 6.72. The van der Waals surface area contributed by atoms with Crippen molar-refractivity contribution in [3.63, 3.8) is 0 Å². The molecule has 0 aromatic carbocycles. The molecule has 2 unspecified atom stereocenters. The van der Waals surface area contributed by atoms with Crippen LogP contribution >= 0.6 is 11.8 Å². The summed E-state index contributed by atoms with van der Waals surface area (Å²) in [5.74, 6) is 2.01. The minimum atomic E-state index is -0.0510. The van der Waals surface area contributed by atoms with Gasteiger partial charge in [0.15, 0.2) is 0 Å². The molecule has 0 bridgehead atoms. The number of rotatable bonds is 3. The number of aliphatic imine (C=N–C) groups is 3. The maximum atomic E-state index is 5.99. The Morgan fingerprint density at radius 3 is 3.21 bits per heavy atom. The van der Waals surface area contributed by atoms with Crippen LogP contribution in [0.1, 0.15) is 12.8 Å². The Morgan fingerprint density at radius 1 is 1.58 bits per heavy atom. The molecule has 2 aliphatic rings. The fraction of sp³-hybridized carbons (Fsp3) is 0.583. The van der Waals surface area contributed by atoms with Crippen LogP contribution in [0.15, 0.2) is 27.4 Å². The maximum Gasteiger partial charge on any atom is 0.137 e. The standard InChI is InChI=1S/C12H19N5OS/c1-9-15-7-16-11(13)5-14-8-17(9)12-4-3-10(18-12)6-19-2/h7-8,10,12H,1,3-6H2,2H3,(H2,13,15,16). The number of ether oxygens (including phenoxy) is 1. The number of hydrogen-bond acceptors (Lipinski definition) is 7. The fourth-order valence-electron chi connectivity index (χ4n) is 2.01. The van der Waals surface area contributed by atoms with Crippen LogP contribution in [-0.2, 0) is 4.74 Å². The first kappa shape index (κ1) is 14.1. The summed E-state index contributed by atoms with van der Waals surface area (Å²) in [6.07, 6.45) is 7.42. The number of hydrogen-bond donors (Lipinski definition) is 1. The van der Waals surface area contributed by atoms with Gasteiger partial charge in [-0.25, -0.2) is 9.98 Å². The Hall–Kier alpha value is -1.34. The lowest BCUT2D eigenvalue weighted by Gasteiger charge is -2.25. The highest BCUT2D eigenvalue weighted by Crippen LogP contribution is 2.26. The molecule has 7 heteroatoms. The first-order valence-electron chi connectivity index (χ1n) is 6.17. The van der Waals surface area contributed by atoms with Gasteiger partial charge in [-0.05, 0) is 19.1 Å². The third-order valence-electron chi connectivity index (χ3n) is 2.94. The van der Waals surface area contributed by atoms with Gasteiger partial charge in [-0.2, -0.15) is 11.8 Å². The number of amidine groups is 1. The number of thioether (sulfide) groups is 1. The van der Waals surface area contributed by atoms with Crippen molar-refractivity contribution in [2.45, 2.75) is 25.2 Å². The monoisotopic (exact) mass is 281 g/mol. The van der Waals surface area contributed by atoms with Gasteiger partial charge >= 0.3 is 0 Å². The van der Waals surface area contributed by atoms with Gasteiger partial charge in [0, 0.05) is 5.75 Å². The van der Waals surface area contributed by atoms with Gasteiger partial charge in [0.2, 0.25) is 0 Å². The van der Waals surface area contributed by atoms with Crippen molar-refractivity contribution in [1.82, 2.24) is 4.90 Å². The Balaban J connectivity index is 2.04. The van der Waals surface area contributed by atoms with Gasteiger partial charge in [0.25, 0.3) is 0 Å². The minimum Gasteiger partial charge on any atom is -0.386 e. The average molecular weight is 281 g/mol. The van der Waals surface area contributed by atoms with Gasteiger partial charge in [0.1, 0.15) is 24.2 Å². The molecule has 2 atom stereocenters. The van der Waals surface area contributed by atoms with E-state index in [-0.39, 0.29) is 6.23 Å². The molecule has 0 aliphatic carbocycles. The second-order valence-corrected chi connectivity index (χ2v) is 5.30. The Labute approximate surface area is 117 Å². The summed E-state index contributed by atoms with van der Waals surface area (Å²) in [6, 6.07) is 0. The summed E-state index contributed by atoms with van der Waals surface area (Å²) in [6.45, 7) is 4.28. The van der Waals surface area contributed by atoms with Crippen LogP contribution in [-0.4, -0.2) is 54.3 Å². The van der Waals surface area contributed by atoms with E-state index >= 15 is 0 Å². The van der Waals surface area contributed by atoms with Crippen LogP contribution in [0.5, 0.6) is 0 Å². The molecule has 0 aromatic heterocycles. The smallest absolute Gasteiger partial charge is 0.137 e. The van der Waals surface area contributed by atoms with Crippen molar-refractivity contribution >= 4 is 30.3 Å². The molecule has 6 nitrogen and oxygen atoms in total. The largest absolute Gasteiger partial charge is 0.386 e. The van der Waals surface area contributed by atoms with Crippen molar-refractivity contribution < 1.29 is 4.74 Å². The molecule has 104 valence electrons. The van der Waals surface area contributed by atoms with Crippen LogP contribution in [0, 0.1) is 0 Å². The molecule has 0 saturated carbocycles. The summed E-state index contributed by atoms with van der Waals surface area (Å²) in [7, 11) is 0. The second-order valence-electron chi connectivity index (χ2n) is 4.39. The lowest BCUT2D eigenvalue weighted by molar-refractivity contribution is 0.000169. The van der Waals surface area contributed by atoms with Gasteiger partial charge in [0.05, 0.1) is 19.0 Å². The van der Waals surface area contributed by atoms with Crippen molar-refractivity contribution in [1.29, 1.82) is 0 Å². The number of nitrogens with zero attached hydrogens (tertiary/aromatic N) is 4. The predicted octanol–water partition coefficient (Wildman–Crippen LogP) is 1.06. The van der Waals surface area contributed by atoms with Gasteiger partial charge in [-0.15, -0.1) is 0 Å². The number of nitrogens with two attached hydrogens (primary N) is 1. The van der Waals surface area contributed by atoms with E-state index in [4.69, 9.17) is 10.5 Å². The Kier molecular flexibility index (Phi) is 4.98. The molecule has 2 heterocycles. The minimum absolute atomic E-state index is 0.0510. The van der Waals surface area contributed by atoms with E-state index in [1.54, 1.807) is 18.1 Å². The highest BCUT2D eigenvalue weighted by molar-refractivity contribution is 7.98. The lowest BCUT2D eigenvalue weighted by Crippen LogP contribution is -2.33.